The molecule has 0 aliphatic carbocycles. The number of rotatable bonds is 4. The van der Waals surface area contributed by atoms with Gasteiger partial charge in [-0.15, -0.1) is 0 Å². The Morgan fingerprint density at radius 2 is 1.60 bits per heavy atom. The van der Waals surface area contributed by atoms with Crippen LogP contribution in [0, 0.1) is 17.2 Å². The highest BCUT2D eigenvalue weighted by Crippen LogP contribution is 2.25. The number of likely N-dealkylation sites (tertiary alicyclic amines) is 1. The Bertz CT molecular complexity index is 1250. The minimum atomic E-state index is -0.132. The van der Waals surface area contributed by atoms with Crippen molar-refractivity contribution in [1.82, 2.24) is 14.7 Å². The minimum Gasteiger partial charge on any atom is -0.340 e. The molecule has 0 aromatic heterocycles. The van der Waals surface area contributed by atoms with Crippen LogP contribution in [-0.4, -0.2) is 65.8 Å². The maximum Gasteiger partial charge on any atom is 0.254 e. The SMILES string of the molecule is N#Cc1ccc(CN2CCN(C(=O)C3CCCN(C(=O)c4cccc5ccccc45)C3)CC2)cc1. The van der Waals surface area contributed by atoms with Crippen molar-refractivity contribution in [1.29, 1.82) is 5.26 Å². The smallest absolute Gasteiger partial charge is 0.254 e. The zero-order chi connectivity index (χ0) is 24.2. The van der Waals surface area contributed by atoms with Crippen LogP contribution in [0.25, 0.3) is 10.8 Å². The van der Waals surface area contributed by atoms with E-state index in [-0.39, 0.29) is 17.7 Å². The van der Waals surface area contributed by atoms with Crippen molar-refractivity contribution in [3.8, 4) is 6.07 Å². The number of piperidine rings is 1. The minimum absolute atomic E-state index is 0.0199. The van der Waals surface area contributed by atoms with E-state index < -0.39 is 0 Å². The van der Waals surface area contributed by atoms with Crippen LogP contribution in [0.5, 0.6) is 0 Å². The molecule has 3 aromatic carbocycles. The fourth-order valence-electron chi connectivity index (χ4n) is 5.27. The van der Waals surface area contributed by atoms with Gasteiger partial charge in [-0.2, -0.15) is 5.26 Å². The second-order valence-corrected chi connectivity index (χ2v) is 9.53. The van der Waals surface area contributed by atoms with Crippen LogP contribution >= 0.6 is 0 Å². The number of carbonyl (C=O) groups is 2. The molecule has 2 amide bonds. The molecule has 3 aromatic rings. The number of fused-ring (bicyclic) bond motifs is 1. The van der Waals surface area contributed by atoms with E-state index in [0.717, 1.165) is 43.2 Å². The number of nitrogens with zero attached hydrogens (tertiary/aromatic N) is 4. The number of carbonyl (C=O) groups excluding carboxylic acids is 2. The molecular weight excluding hydrogens is 436 g/mol. The van der Waals surface area contributed by atoms with Crippen LogP contribution in [0.1, 0.15) is 34.3 Å². The van der Waals surface area contributed by atoms with Gasteiger partial charge in [0.1, 0.15) is 0 Å². The third-order valence-electron chi connectivity index (χ3n) is 7.25. The summed E-state index contributed by atoms with van der Waals surface area (Å²) in [4.78, 5) is 32.9. The molecular formula is C29H30N4O2. The molecule has 178 valence electrons. The van der Waals surface area contributed by atoms with Crippen LogP contribution in [0.2, 0.25) is 0 Å². The number of amides is 2. The average molecular weight is 467 g/mol. The van der Waals surface area contributed by atoms with Gasteiger partial charge < -0.3 is 9.80 Å². The van der Waals surface area contributed by atoms with E-state index >= 15 is 0 Å². The summed E-state index contributed by atoms with van der Waals surface area (Å²) in [6, 6.07) is 23.7. The van der Waals surface area contributed by atoms with Gasteiger partial charge in [0.15, 0.2) is 0 Å². The van der Waals surface area contributed by atoms with Crippen LogP contribution in [-0.2, 0) is 11.3 Å². The summed E-state index contributed by atoms with van der Waals surface area (Å²) in [6.45, 7) is 5.10. The van der Waals surface area contributed by atoms with Gasteiger partial charge in [0.05, 0.1) is 17.6 Å². The maximum atomic E-state index is 13.4. The number of nitriles is 1. The Hall–Kier alpha value is -3.69. The van der Waals surface area contributed by atoms with Crippen LogP contribution in [0.15, 0.2) is 66.7 Å². The predicted molar refractivity (Wildman–Crippen MR) is 136 cm³/mol. The first kappa shape index (κ1) is 23.1. The van der Waals surface area contributed by atoms with Crippen molar-refractivity contribution in [2.75, 3.05) is 39.3 Å². The number of hydrogen-bond acceptors (Lipinski definition) is 4. The molecule has 2 heterocycles. The molecule has 35 heavy (non-hydrogen) atoms. The zero-order valence-electron chi connectivity index (χ0n) is 19.9. The fraction of sp³-hybridized carbons (Fsp3) is 0.345. The summed E-state index contributed by atoms with van der Waals surface area (Å²) in [6.07, 6.45) is 1.69. The lowest BCUT2D eigenvalue weighted by Crippen LogP contribution is -2.52. The molecule has 2 fully saturated rings. The molecule has 6 heteroatoms. The molecule has 1 unspecified atom stereocenters. The van der Waals surface area contributed by atoms with Gasteiger partial charge in [-0.3, -0.25) is 14.5 Å². The summed E-state index contributed by atoms with van der Waals surface area (Å²) in [7, 11) is 0. The second kappa shape index (κ2) is 10.3. The summed E-state index contributed by atoms with van der Waals surface area (Å²) in [5.74, 6) is 0.0673. The van der Waals surface area contributed by atoms with E-state index in [0.29, 0.717) is 37.3 Å². The molecule has 2 aliphatic heterocycles. The van der Waals surface area contributed by atoms with Gasteiger partial charge in [0.2, 0.25) is 5.91 Å². The maximum absolute atomic E-state index is 13.4. The Labute approximate surface area is 206 Å². The molecule has 0 radical (unpaired) electrons. The highest BCUT2D eigenvalue weighted by Gasteiger charge is 2.33. The highest BCUT2D eigenvalue weighted by atomic mass is 16.2. The summed E-state index contributed by atoms with van der Waals surface area (Å²) in [5.41, 5.74) is 2.57. The van der Waals surface area contributed by atoms with Gasteiger partial charge in [-0.05, 0) is 47.4 Å². The average Bonchev–Trinajstić information content (AvgIpc) is 2.93. The standard InChI is InChI=1S/C29H30N4O2/c30-19-22-10-12-23(13-11-22)20-31-15-17-32(18-16-31)28(34)25-7-4-14-33(21-25)29(35)27-9-3-6-24-5-1-2-8-26(24)27/h1-3,5-6,8-13,25H,4,7,14-18,20-21H2. The molecule has 0 saturated carbocycles. The quantitative estimate of drug-likeness (QED) is 0.585. The second-order valence-electron chi connectivity index (χ2n) is 9.53. The predicted octanol–water partition coefficient (Wildman–Crippen LogP) is 3.91. The van der Waals surface area contributed by atoms with Gasteiger partial charge >= 0.3 is 0 Å². The fourth-order valence-corrected chi connectivity index (χ4v) is 5.27. The largest absolute Gasteiger partial charge is 0.340 e. The van der Waals surface area contributed by atoms with Crippen molar-refractivity contribution >= 4 is 22.6 Å². The summed E-state index contributed by atoms with van der Waals surface area (Å²) >= 11 is 0. The van der Waals surface area contributed by atoms with Crippen LogP contribution in [0.3, 0.4) is 0 Å². The molecule has 0 N–H and O–H groups in total. The lowest BCUT2D eigenvalue weighted by molar-refractivity contribution is -0.138. The van der Waals surface area contributed by atoms with Gasteiger partial charge in [0, 0.05) is 51.4 Å². The highest BCUT2D eigenvalue weighted by molar-refractivity contribution is 6.07. The molecule has 2 aliphatic rings. The third kappa shape index (κ3) is 5.06. The molecule has 6 nitrogen and oxygen atoms in total. The normalized spacial score (nSPS) is 18.9. The van der Waals surface area contributed by atoms with Gasteiger partial charge in [-0.25, -0.2) is 0 Å². The summed E-state index contributed by atoms with van der Waals surface area (Å²) in [5, 5.41) is 11.0. The summed E-state index contributed by atoms with van der Waals surface area (Å²) < 4.78 is 0. The first-order valence-electron chi connectivity index (χ1n) is 12.4. The molecule has 5 rings (SSSR count). The van der Waals surface area contributed by atoms with Crippen molar-refractivity contribution in [2.24, 2.45) is 5.92 Å². The zero-order valence-corrected chi connectivity index (χ0v) is 19.9. The van der Waals surface area contributed by atoms with E-state index in [9.17, 15) is 9.59 Å². The van der Waals surface area contributed by atoms with Crippen molar-refractivity contribution in [3.05, 3.63) is 83.4 Å². The Morgan fingerprint density at radius 1 is 0.857 bits per heavy atom. The number of hydrogen-bond donors (Lipinski definition) is 0. The first-order valence-corrected chi connectivity index (χ1v) is 12.4. The van der Waals surface area contributed by atoms with Crippen LogP contribution in [0.4, 0.5) is 0 Å². The Kier molecular flexibility index (Phi) is 6.78. The molecule has 0 spiro atoms. The lowest BCUT2D eigenvalue weighted by atomic mass is 9.95. The topological polar surface area (TPSA) is 67.7 Å². The van der Waals surface area contributed by atoms with E-state index in [4.69, 9.17) is 5.26 Å². The third-order valence-corrected chi connectivity index (χ3v) is 7.25. The van der Waals surface area contributed by atoms with Crippen molar-refractivity contribution < 1.29 is 9.59 Å². The molecule has 1 atom stereocenters. The van der Waals surface area contributed by atoms with E-state index in [1.807, 2.05) is 76.5 Å². The molecule has 0 bridgehead atoms. The van der Waals surface area contributed by atoms with Crippen molar-refractivity contribution in [2.45, 2.75) is 19.4 Å². The molecule has 2 saturated heterocycles. The Morgan fingerprint density at radius 3 is 2.37 bits per heavy atom. The van der Waals surface area contributed by atoms with Gasteiger partial charge in [0.25, 0.3) is 5.91 Å². The first-order chi connectivity index (χ1) is 17.1. The van der Waals surface area contributed by atoms with Gasteiger partial charge in [-0.1, -0.05) is 48.5 Å². The van der Waals surface area contributed by atoms with Crippen molar-refractivity contribution in [3.63, 3.8) is 0 Å². The van der Waals surface area contributed by atoms with E-state index in [2.05, 4.69) is 11.0 Å². The monoisotopic (exact) mass is 466 g/mol. The lowest BCUT2D eigenvalue weighted by Gasteiger charge is -2.39. The van der Waals surface area contributed by atoms with E-state index in [1.165, 1.54) is 5.56 Å². The Balaban J connectivity index is 1.18. The number of piperazine rings is 1. The van der Waals surface area contributed by atoms with Crippen LogP contribution < -0.4 is 0 Å². The van der Waals surface area contributed by atoms with E-state index in [1.54, 1.807) is 0 Å². The number of benzene rings is 3.